The van der Waals surface area contributed by atoms with E-state index in [0.717, 1.165) is 24.5 Å². The van der Waals surface area contributed by atoms with Gasteiger partial charge in [0.05, 0.1) is 12.4 Å². The van der Waals surface area contributed by atoms with E-state index in [1.54, 1.807) is 24.2 Å². The number of nitrogens with zero attached hydrogens (tertiary/aromatic N) is 2. The van der Waals surface area contributed by atoms with E-state index in [0.29, 0.717) is 18.9 Å². The van der Waals surface area contributed by atoms with Crippen LogP contribution in [0.1, 0.15) is 36.8 Å². The number of piperidine rings is 1. The number of nitrogens with one attached hydrogen (secondary N) is 1. The minimum atomic E-state index is 0.0765. The van der Waals surface area contributed by atoms with Crippen molar-refractivity contribution < 1.29 is 9.53 Å². The standard InChI is InChI=1S/C23H31N3O2S/c27-23(19-29-18-20-8-11-24-12-9-20)25-10-5-15-28-22-7-4-6-21(16-22)17-26-13-2-1-3-14-26/h4,6-9,11-12,16H,1-3,5,10,13-15,17-19H2,(H,25,27). The number of carbonyl (C=O) groups is 1. The van der Waals surface area contributed by atoms with Crippen LogP contribution >= 0.6 is 11.8 Å². The lowest BCUT2D eigenvalue weighted by atomic mass is 10.1. The lowest BCUT2D eigenvalue weighted by Gasteiger charge is -2.26. The lowest BCUT2D eigenvalue weighted by Crippen LogP contribution is -2.29. The Bertz CT molecular complexity index is 736. The number of hydrogen-bond donors (Lipinski definition) is 1. The summed E-state index contributed by atoms with van der Waals surface area (Å²) in [5.41, 5.74) is 2.50. The van der Waals surface area contributed by atoms with Crippen molar-refractivity contribution >= 4 is 17.7 Å². The Morgan fingerprint density at radius 3 is 2.76 bits per heavy atom. The van der Waals surface area contributed by atoms with Crippen LogP contribution in [-0.2, 0) is 17.1 Å². The SMILES string of the molecule is O=C(CSCc1ccncc1)NCCCOc1cccc(CN2CCCCC2)c1. The largest absolute Gasteiger partial charge is 0.494 e. The van der Waals surface area contributed by atoms with Crippen molar-refractivity contribution in [1.29, 1.82) is 0 Å². The van der Waals surface area contributed by atoms with Gasteiger partial charge < -0.3 is 10.1 Å². The quantitative estimate of drug-likeness (QED) is 0.567. The summed E-state index contributed by atoms with van der Waals surface area (Å²) >= 11 is 1.62. The highest BCUT2D eigenvalue weighted by Crippen LogP contribution is 2.17. The Balaban J connectivity index is 1.26. The average Bonchev–Trinajstić information content (AvgIpc) is 2.75. The molecule has 0 radical (unpaired) electrons. The average molecular weight is 414 g/mol. The van der Waals surface area contributed by atoms with Crippen LogP contribution in [0.25, 0.3) is 0 Å². The van der Waals surface area contributed by atoms with Gasteiger partial charge in [0.15, 0.2) is 0 Å². The van der Waals surface area contributed by atoms with E-state index in [9.17, 15) is 4.79 Å². The highest BCUT2D eigenvalue weighted by molar-refractivity contribution is 7.99. The highest BCUT2D eigenvalue weighted by atomic mass is 32.2. The molecule has 0 atom stereocenters. The van der Waals surface area contributed by atoms with Crippen LogP contribution in [0, 0.1) is 0 Å². The molecule has 5 nitrogen and oxygen atoms in total. The maximum absolute atomic E-state index is 11.9. The number of thioether (sulfide) groups is 1. The molecule has 3 rings (SSSR count). The van der Waals surface area contributed by atoms with Crippen LogP contribution in [0.2, 0.25) is 0 Å². The molecular weight excluding hydrogens is 382 g/mol. The Labute approximate surface area is 178 Å². The fourth-order valence-electron chi connectivity index (χ4n) is 3.39. The van der Waals surface area contributed by atoms with E-state index in [2.05, 4.69) is 33.4 Å². The summed E-state index contributed by atoms with van der Waals surface area (Å²) in [7, 11) is 0. The van der Waals surface area contributed by atoms with Gasteiger partial charge in [0.2, 0.25) is 5.91 Å². The molecule has 2 aromatic rings. The lowest BCUT2D eigenvalue weighted by molar-refractivity contribution is -0.118. The van der Waals surface area contributed by atoms with E-state index in [1.165, 1.54) is 43.5 Å². The molecule has 6 heteroatoms. The van der Waals surface area contributed by atoms with Crippen LogP contribution in [0.15, 0.2) is 48.8 Å². The second kappa shape index (κ2) is 12.5. The van der Waals surface area contributed by atoms with Crippen LogP contribution in [-0.4, -0.2) is 47.8 Å². The van der Waals surface area contributed by atoms with Gasteiger partial charge in [-0.25, -0.2) is 0 Å². The predicted molar refractivity (Wildman–Crippen MR) is 119 cm³/mol. The number of aromatic nitrogens is 1. The first-order chi connectivity index (χ1) is 14.3. The van der Waals surface area contributed by atoms with E-state index in [4.69, 9.17) is 4.74 Å². The second-order valence-corrected chi connectivity index (χ2v) is 8.37. The number of pyridine rings is 1. The zero-order valence-corrected chi connectivity index (χ0v) is 17.8. The Morgan fingerprint density at radius 2 is 1.93 bits per heavy atom. The highest BCUT2D eigenvalue weighted by Gasteiger charge is 2.10. The van der Waals surface area contributed by atoms with Crippen LogP contribution < -0.4 is 10.1 Å². The third-order valence-electron chi connectivity index (χ3n) is 4.92. The number of likely N-dealkylation sites (tertiary alicyclic amines) is 1. The maximum atomic E-state index is 11.9. The third-order valence-corrected chi connectivity index (χ3v) is 5.92. The molecule has 1 aliphatic rings. The van der Waals surface area contributed by atoms with Gasteiger partial charge in [0, 0.05) is 31.2 Å². The monoisotopic (exact) mass is 413 g/mol. The second-order valence-electron chi connectivity index (χ2n) is 7.38. The first-order valence-electron chi connectivity index (χ1n) is 10.5. The van der Waals surface area contributed by atoms with E-state index < -0.39 is 0 Å². The molecular formula is C23H31N3O2S. The van der Waals surface area contributed by atoms with E-state index in [-0.39, 0.29) is 5.91 Å². The van der Waals surface area contributed by atoms with Gasteiger partial charge in [0.25, 0.3) is 0 Å². The first kappa shape index (κ1) is 21.7. The van der Waals surface area contributed by atoms with Crippen LogP contribution in [0.3, 0.4) is 0 Å². The number of benzene rings is 1. The number of carbonyl (C=O) groups excluding carboxylic acids is 1. The Morgan fingerprint density at radius 1 is 1.10 bits per heavy atom. The number of rotatable bonds is 11. The van der Waals surface area contributed by atoms with Crippen molar-refractivity contribution in [2.45, 2.75) is 38.0 Å². The zero-order valence-electron chi connectivity index (χ0n) is 17.0. The molecule has 0 unspecified atom stereocenters. The van der Waals surface area contributed by atoms with Crippen molar-refractivity contribution in [3.05, 3.63) is 59.9 Å². The predicted octanol–water partition coefficient (Wildman–Crippen LogP) is 3.89. The van der Waals surface area contributed by atoms with Gasteiger partial charge >= 0.3 is 0 Å². The van der Waals surface area contributed by atoms with E-state index in [1.807, 2.05) is 18.2 Å². The van der Waals surface area contributed by atoms with Crippen molar-refractivity contribution in [1.82, 2.24) is 15.2 Å². The molecule has 1 aromatic heterocycles. The summed E-state index contributed by atoms with van der Waals surface area (Å²) in [5.74, 6) is 2.29. The zero-order chi connectivity index (χ0) is 20.2. The Kier molecular flexibility index (Phi) is 9.33. The minimum Gasteiger partial charge on any atom is -0.494 e. The van der Waals surface area contributed by atoms with Crippen molar-refractivity contribution in [2.75, 3.05) is 32.0 Å². The molecule has 29 heavy (non-hydrogen) atoms. The minimum absolute atomic E-state index is 0.0765. The molecule has 0 aliphatic carbocycles. The molecule has 0 saturated carbocycles. The fourth-order valence-corrected chi connectivity index (χ4v) is 4.21. The number of amides is 1. The maximum Gasteiger partial charge on any atom is 0.230 e. The number of hydrogen-bond acceptors (Lipinski definition) is 5. The van der Waals surface area contributed by atoms with Crippen LogP contribution in [0.5, 0.6) is 5.75 Å². The summed E-state index contributed by atoms with van der Waals surface area (Å²) in [6.45, 7) is 4.65. The summed E-state index contributed by atoms with van der Waals surface area (Å²) in [4.78, 5) is 18.4. The molecule has 1 N–H and O–H groups in total. The first-order valence-corrected chi connectivity index (χ1v) is 11.6. The van der Waals surface area contributed by atoms with Gasteiger partial charge in [-0.2, -0.15) is 0 Å². The van der Waals surface area contributed by atoms with Crippen LogP contribution in [0.4, 0.5) is 0 Å². The topological polar surface area (TPSA) is 54.5 Å². The smallest absolute Gasteiger partial charge is 0.230 e. The summed E-state index contributed by atoms with van der Waals surface area (Å²) < 4.78 is 5.88. The van der Waals surface area contributed by atoms with Crippen molar-refractivity contribution in [3.8, 4) is 5.75 Å². The summed E-state index contributed by atoms with van der Waals surface area (Å²) in [6.07, 6.45) is 8.34. The molecule has 1 fully saturated rings. The molecule has 0 bridgehead atoms. The van der Waals surface area contributed by atoms with Gasteiger partial charge in [0.1, 0.15) is 5.75 Å². The molecule has 1 saturated heterocycles. The summed E-state index contributed by atoms with van der Waals surface area (Å²) in [6, 6.07) is 12.3. The number of ether oxygens (including phenoxy) is 1. The third kappa shape index (κ3) is 8.46. The summed E-state index contributed by atoms with van der Waals surface area (Å²) in [5, 5.41) is 2.96. The van der Waals surface area contributed by atoms with E-state index >= 15 is 0 Å². The molecule has 1 aromatic carbocycles. The van der Waals surface area contributed by atoms with Gasteiger partial charge in [-0.3, -0.25) is 14.7 Å². The van der Waals surface area contributed by atoms with Crippen molar-refractivity contribution in [3.63, 3.8) is 0 Å². The fraction of sp³-hybridized carbons (Fsp3) is 0.478. The Hall–Kier alpha value is -2.05. The van der Waals surface area contributed by atoms with Gasteiger partial charge in [-0.1, -0.05) is 18.6 Å². The molecule has 0 spiro atoms. The molecule has 1 amide bonds. The van der Waals surface area contributed by atoms with Gasteiger partial charge in [-0.05, 0) is 67.7 Å². The van der Waals surface area contributed by atoms with Crippen molar-refractivity contribution in [2.24, 2.45) is 0 Å². The molecule has 2 heterocycles. The molecule has 1 aliphatic heterocycles. The normalized spacial score (nSPS) is 14.5. The molecule has 156 valence electrons. The van der Waals surface area contributed by atoms with Gasteiger partial charge in [-0.15, -0.1) is 11.8 Å².